The molecular weight excluding hydrogens is 586 g/mol. The van der Waals surface area contributed by atoms with Gasteiger partial charge in [-0.2, -0.15) is 0 Å². The van der Waals surface area contributed by atoms with Gasteiger partial charge in [0.15, 0.2) is 0 Å². The second-order valence-electron chi connectivity index (χ2n) is 8.62. The molecule has 4 aromatic carbocycles. The average Bonchev–Trinajstić information content (AvgIpc) is 3.42. The van der Waals surface area contributed by atoms with Crippen LogP contribution in [0.15, 0.2) is 103 Å². The zero-order valence-corrected chi connectivity index (χ0v) is 22.9. The molecule has 174 valence electrons. The third kappa shape index (κ3) is 3.81. The number of hydrogen-bond acceptors (Lipinski definition) is 4. The van der Waals surface area contributed by atoms with E-state index in [0.29, 0.717) is 11.3 Å². The van der Waals surface area contributed by atoms with Crippen molar-refractivity contribution in [3.8, 4) is 6.07 Å². The fourth-order valence-corrected chi connectivity index (χ4v) is 9.08. The first-order valence-electron chi connectivity index (χ1n) is 11.8. The van der Waals surface area contributed by atoms with Crippen molar-refractivity contribution in [2.75, 3.05) is 4.90 Å². The Morgan fingerprint density at radius 2 is 1.51 bits per heavy atom. The van der Waals surface area contributed by atoms with Gasteiger partial charge in [-0.1, -0.05) is 0 Å². The molecule has 3 heterocycles. The summed E-state index contributed by atoms with van der Waals surface area (Å²) < 4.78 is 5.21. The van der Waals surface area contributed by atoms with E-state index < -0.39 is 0 Å². The molecule has 37 heavy (non-hydrogen) atoms. The third-order valence-corrected chi connectivity index (χ3v) is 11.0. The van der Waals surface area contributed by atoms with Crippen LogP contribution in [0.5, 0.6) is 0 Å². The minimum atomic E-state index is 0.0393. The number of aromatic nitrogens is 2. The first-order valence-corrected chi connectivity index (χ1v) is 15.2. The van der Waals surface area contributed by atoms with E-state index in [4.69, 9.17) is 0 Å². The predicted molar refractivity (Wildman–Crippen MR) is 154 cm³/mol. The quantitative estimate of drug-likeness (QED) is 0.155. The summed E-state index contributed by atoms with van der Waals surface area (Å²) in [4.78, 5) is 11.5. The van der Waals surface area contributed by atoms with Crippen LogP contribution in [-0.4, -0.2) is 39.4 Å². The number of benzene rings is 4. The number of para-hydroxylation sites is 2. The summed E-state index contributed by atoms with van der Waals surface area (Å²) in [5.74, 6) is 0. The molecule has 0 radical (unpaired) electrons. The molecule has 0 atom stereocenters. The van der Waals surface area contributed by atoms with E-state index in [1.165, 1.54) is 24.9 Å². The van der Waals surface area contributed by atoms with E-state index in [1.807, 2.05) is 24.3 Å². The Balaban J connectivity index is 1.35. The Kier molecular flexibility index (Phi) is 5.51. The fourth-order valence-electron chi connectivity index (χ4n) is 4.81. The number of nitriles is 1. The van der Waals surface area contributed by atoms with Gasteiger partial charge in [-0.15, -0.1) is 0 Å². The van der Waals surface area contributed by atoms with E-state index in [2.05, 4.69) is 99.8 Å². The Hall–Kier alpha value is -3.97. The molecule has 0 saturated carbocycles. The first kappa shape index (κ1) is 22.2. The summed E-state index contributed by atoms with van der Waals surface area (Å²) in [5, 5.41) is 13.3. The van der Waals surface area contributed by atoms with Crippen LogP contribution in [0.4, 0.5) is 15.9 Å². The van der Waals surface area contributed by atoms with Crippen molar-refractivity contribution in [2.45, 2.75) is 0 Å². The van der Waals surface area contributed by atoms with Gasteiger partial charge in [0.1, 0.15) is 0 Å². The summed E-state index contributed by atoms with van der Waals surface area (Å²) in [7, 11) is 0. The normalized spacial score (nSPS) is 12.8. The molecule has 7 rings (SSSR count). The summed E-state index contributed by atoms with van der Waals surface area (Å²) in [5.41, 5.74) is 4.63. The van der Waals surface area contributed by atoms with Crippen molar-refractivity contribution >= 4 is 87.6 Å². The molecule has 0 amide bonds. The molecule has 1 aliphatic rings. The molecule has 0 unspecified atom stereocenters. The molecule has 0 N–H and O–H groups in total. The molecule has 0 bridgehead atoms. The summed E-state index contributed by atoms with van der Waals surface area (Å²) in [6, 6.07) is 36.5. The van der Waals surface area contributed by atoms with Gasteiger partial charge in [-0.3, -0.25) is 0 Å². The molecule has 0 saturated heterocycles. The molecule has 4 nitrogen and oxygen atoms in total. The van der Waals surface area contributed by atoms with Gasteiger partial charge in [0, 0.05) is 0 Å². The zero-order valence-electron chi connectivity index (χ0n) is 19.5. The molecular formula is C31H18N4Se2. The van der Waals surface area contributed by atoms with Gasteiger partial charge in [0.2, 0.25) is 0 Å². The van der Waals surface area contributed by atoms with Gasteiger partial charge < -0.3 is 0 Å². The molecule has 0 aliphatic carbocycles. The van der Waals surface area contributed by atoms with Crippen molar-refractivity contribution in [3.05, 3.63) is 114 Å². The maximum atomic E-state index is 10.2. The molecule has 6 heteroatoms. The van der Waals surface area contributed by atoms with Crippen molar-refractivity contribution in [2.24, 2.45) is 0 Å². The van der Waals surface area contributed by atoms with E-state index in [9.17, 15) is 5.26 Å². The van der Waals surface area contributed by atoms with Gasteiger partial charge >= 0.3 is 227 Å². The van der Waals surface area contributed by atoms with Crippen molar-refractivity contribution in [1.82, 2.24) is 9.97 Å². The van der Waals surface area contributed by atoms with Crippen molar-refractivity contribution < 1.29 is 0 Å². The monoisotopic (exact) mass is 606 g/mol. The second-order valence-corrected chi connectivity index (χ2v) is 13.2. The Bertz CT molecular complexity index is 1850. The Morgan fingerprint density at radius 3 is 2.30 bits per heavy atom. The average molecular weight is 604 g/mol. The maximum absolute atomic E-state index is 10.2. The third-order valence-electron chi connectivity index (χ3n) is 6.45. The molecule has 6 aromatic rings. The van der Waals surface area contributed by atoms with Crippen LogP contribution in [0.2, 0.25) is 0 Å². The van der Waals surface area contributed by atoms with Gasteiger partial charge in [0.05, 0.1) is 0 Å². The number of fused-ring (bicyclic) bond motifs is 5. The van der Waals surface area contributed by atoms with Crippen molar-refractivity contribution in [3.63, 3.8) is 0 Å². The number of rotatable bonds is 3. The minimum absolute atomic E-state index is 0.0393. The first-order chi connectivity index (χ1) is 18.3. The number of allylic oxidation sites excluding steroid dienone is 1. The molecule has 2 aromatic heterocycles. The fraction of sp³-hybridized carbons (Fsp3) is 0. The Morgan fingerprint density at radius 1 is 0.784 bits per heavy atom. The van der Waals surface area contributed by atoms with Crippen LogP contribution >= 0.6 is 0 Å². The van der Waals surface area contributed by atoms with Crippen LogP contribution in [0.1, 0.15) is 10.1 Å². The van der Waals surface area contributed by atoms with Crippen LogP contribution in [0, 0.1) is 11.3 Å². The summed E-state index contributed by atoms with van der Waals surface area (Å²) in [6.45, 7) is 0. The van der Waals surface area contributed by atoms with E-state index in [1.54, 1.807) is 6.33 Å². The SMILES string of the molecule is N#C/C(=C\c1ccc(N2c3ccccc3[Se]c3ccccc32)[se]1)c1ncnc2ccc3ccccc3c12. The molecule has 1 aliphatic heterocycles. The van der Waals surface area contributed by atoms with Crippen LogP contribution < -0.4 is 13.8 Å². The molecule has 0 fully saturated rings. The van der Waals surface area contributed by atoms with Gasteiger partial charge in [-0.25, -0.2) is 0 Å². The van der Waals surface area contributed by atoms with Crippen LogP contribution in [0.25, 0.3) is 33.3 Å². The van der Waals surface area contributed by atoms with Crippen LogP contribution in [-0.2, 0) is 0 Å². The number of anilines is 3. The van der Waals surface area contributed by atoms with Gasteiger partial charge in [0.25, 0.3) is 0 Å². The topological polar surface area (TPSA) is 52.8 Å². The number of hydrogen-bond donors (Lipinski definition) is 0. The summed E-state index contributed by atoms with van der Waals surface area (Å²) >= 11 is 0.328. The van der Waals surface area contributed by atoms with E-state index in [0.717, 1.165) is 26.1 Å². The zero-order chi connectivity index (χ0) is 24.8. The number of nitrogens with zero attached hydrogens (tertiary/aromatic N) is 4. The van der Waals surface area contributed by atoms with E-state index in [-0.39, 0.29) is 29.5 Å². The molecule has 0 spiro atoms. The predicted octanol–water partition coefficient (Wildman–Crippen LogP) is 5.34. The van der Waals surface area contributed by atoms with Crippen molar-refractivity contribution in [1.29, 1.82) is 5.26 Å². The standard InChI is InChI=1S/C31H18N4Se2/c32-18-21(31-30-23-8-2-1-7-20(23)13-15-24(30)33-19-34-31)17-22-14-16-29(36-22)35-25-9-3-5-11-27(25)37-28-12-6-4-10-26(28)35/h1-17,19H/b21-17+. The summed E-state index contributed by atoms with van der Waals surface area (Å²) in [6.07, 6.45) is 3.57. The van der Waals surface area contributed by atoms with Crippen LogP contribution in [0.3, 0.4) is 0 Å². The second kappa shape index (κ2) is 9.16. The Labute approximate surface area is 226 Å². The van der Waals surface area contributed by atoms with E-state index >= 15 is 0 Å². The van der Waals surface area contributed by atoms with Gasteiger partial charge in [-0.05, 0) is 0 Å².